The lowest BCUT2D eigenvalue weighted by Crippen LogP contribution is -2.14. The number of hydrogen-bond donors (Lipinski definition) is 0. The first kappa shape index (κ1) is 7.86. The summed E-state index contributed by atoms with van der Waals surface area (Å²) in [4.78, 5) is 2.45. The normalized spacial score (nSPS) is 19.3. The molecule has 0 radical (unpaired) electrons. The van der Waals surface area contributed by atoms with Crippen molar-refractivity contribution in [3.8, 4) is 0 Å². The molecular weight excluding hydrogens is 170 g/mol. The first-order chi connectivity index (χ1) is 6.95. The molecule has 2 aliphatic heterocycles. The Kier molecular flexibility index (Phi) is 1.69. The third-order valence-corrected chi connectivity index (χ3v) is 2.95. The SMILES string of the molecule is C1=C(c2ccccc2)C2=CCCN2C1. The molecule has 0 N–H and O–H groups in total. The van der Waals surface area contributed by atoms with Gasteiger partial charge < -0.3 is 4.90 Å². The molecule has 0 aliphatic carbocycles. The maximum absolute atomic E-state index is 2.45. The van der Waals surface area contributed by atoms with Crippen LogP contribution in [0, 0.1) is 0 Å². The highest BCUT2D eigenvalue weighted by atomic mass is 15.2. The van der Waals surface area contributed by atoms with Crippen molar-refractivity contribution in [1.29, 1.82) is 0 Å². The van der Waals surface area contributed by atoms with Crippen LogP contribution in [0.5, 0.6) is 0 Å². The standard InChI is InChI=1S/C13H13N/c1-2-5-11(6-3-1)12-8-10-14-9-4-7-13(12)14/h1-3,5-8H,4,9-10H2. The lowest BCUT2D eigenvalue weighted by Gasteiger charge is -2.14. The van der Waals surface area contributed by atoms with Crippen LogP contribution in [0.3, 0.4) is 0 Å². The Bertz CT molecular complexity index is 401. The molecule has 0 aromatic heterocycles. The average Bonchev–Trinajstić information content (AvgIpc) is 2.79. The molecular formula is C13H13N. The molecule has 2 heterocycles. The number of fused-ring (bicyclic) bond motifs is 1. The summed E-state index contributed by atoms with van der Waals surface area (Å²) in [7, 11) is 0. The van der Waals surface area contributed by atoms with Gasteiger partial charge in [-0.1, -0.05) is 42.5 Å². The van der Waals surface area contributed by atoms with E-state index >= 15 is 0 Å². The van der Waals surface area contributed by atoms with Crippen LogP contribution in [0.4, 0.5) is 0 Å². The summed E-state index contributed by atoms with van der Waals surface area (Å²) in [5.74, 6) is 0. The van der Waals surface area contributed by atoms with Gasteiger partial charge in [0.05, 0.1) is 0 Å². The van der Waals surface area contributed by atoms with Crippen molar-refractivity contribution in [3.63, 3.8) is 0 Å². The molecule has 70 valence electrons. The van der Waals surface area contributed by atoms with Crippen LogP contribution in [-0.4, -0.2) is 18.0 Å². The van der Waals surface area contributed by atoms with E-state index in [-0.39, 0.29) is 0 Å². The zero-order chi connectivity index (χ0) is 9.38. The molecule has 1 aromatic carbocycles. The highest BCUT2D eigenvalue weighted by molar-refractivity contribution is 5.81. The van der Waals surface area contributed by atoms with E-state index in [0.717, 1.165) is 6.54 Å². The Morgan fingerprint density at radius 3 is 2.71 bits per heavy atom. The summed E-state index contributed by atoms with van der Waals surface area (Å²) in [5.41, 5.74) is 4.21. The molecule has 0 amide bonds. The predicted molar refractivity (Wildman–Crippen MR) is 58.7 cm³/mol. The van der Waals surface area contributed by atoms with Crippen molar-refractivity contribution < 1.29 is 0 Å². The van der Waals surface area contributed by atoms with Crippen LogP contribution in [0.1, 0.15) is 12.0 Å². The Hall–Kier alpha value is -1.50. The van der Waals surface area contributed by atoms with Gasteiger partial charge in [-0.15, -0.1) is 0 Å². The number of nitrogens with zero attached hydrogens (tertiary/aromatic N) is 1. The predicted octanol–water partition coefficient (Wildman–Crippen LogP) is 2.67. The van der Waals surface area contributed by atoms with Gasteiger partial charge in [-0.25, -0.2) is 0 Å². The van der Waals surface area contributed by atoms with E-state index in [2.05, 4.69) is 47.4 Å². The van der Waals surface area contributed by atoms with E-state index in [1.54, 1.807) is 0 Å². The van der Waals surface area contributed by atoms with E-state index in [4.69, 9.17) is 0 Å². The minimum Gasteiger partial charge on any atom is -0.367 e. The smallest absolute Gasteiger partial charge is 0.0406 e. The zero-order valence-corrected chi connectivity index (χ0v) is 8.11. The van der Waals surface area contributed by atoms with E-state index < -0.39 is 0 Å². The minimum absolute atomic E-state index is 1.09. The second kappa shape index (κ2) is 3.02. The van der Waals surface area contributed by atoms with Crippen molar-refractivity contribution in [2.75, 3.05) is 13.1 Å². The fourth-order valence-electron chi connectivity index (χ4n) is 2.27. The Labute approximate surface area is 84.4 Å². The third-order valence-electron chi connectivity index (χ3n) is 2.95. The Morgan fingerprint density at radius 1 is 1.00 bits per heavy atom. The molecule has 0 fully saturated rings. The molecule has 0 spiro atoms. The van der Waals surface area contributed by atoms with E-state index in [1.807, 2.05) is 0 Å². The van der Waals surface area contributed by atoms with Crippen molar-refractivity contribution in [1.82, 2.24) is 4.90 Å². The Morgan fingerprint density at radius 2 is 1.86 bits per heavy atom. The fraction of sp³-hybridized carbons (Fsp3) is 0.231. The van der Waals surface area contributed by atoms with Gasteiger partial charge in [0.2, 0.25) is 0 Å². The van der Waals surface area contributed by atoms with Crippen LogP contribution in [0.2, 0.25) is 0 Å². The largest absolute Gasteiger partial charge is 0.367 e. The van der Waals surface area contributed by atoms with Gasteiger partial charge in [-0.2, -0.15) is 0 Å². The number of benzene rings is 1. The van der Waals surface area contributed by atoms with Gasteiger partial charge in [-0.3, -0.25) is 0 Å². The highest BCUT2D eigenvalue weighted by Crippen LogP contribution is 2.34. The van der Waals surface area contributed by atoms with Crippen LogP contribution < -0.4 is 0 Å². The molecule has 14 heavy (non-hydrogen) atoms. The van der Waals surface area contributed by atoms with E-state index in [1.165, 1.54) is 29.8 Å². The number of hydrogen-bond acceptors (Lipinski definition) is 1. The van der Waals surface area contributed by atoms with Crippen molar-refractivity contribution in [2.24, 2.45) is 0 Å². The van der Waals surface area contributed by atoms with Crippen LogP contribution in [-0.2, 0) is 0 Å². The minimum atomic E-state index is 1.09. The van der Waals surface area contributed by atoms with Gasteiger partial charge in [0, 0.05) is 24.4 Å². The summed E-state index contributed by atoms with van der Waals surface area (Å²) in [6.07, 6.45) is 5.89. The van der Waals surface area contributed by atoms with Gasteiger partial charge >= 0.3 is 0 Å². The zero-order valence-electron chi connectivity index (χ0n) is 8.11. The molecule has 0 saturated heterocycles. The van der Waals surface area contributed by atoms with E-state index in [0.29, 0.717) is 0 Å². The molecule has 0 atom stereocenters. The highest BCUT2D eigenvalue weighted by Gasteiger charge is 2.23. The second-order valence-corrected chi connectivity index (χ2v) is 3.81. The molecule has 1 nitrogen and oxygen atoms in total. The summed E-state index contributed by atoms with van der Waals surface area (Å²) < 4.78 is 0. The first-order valence-electron chi connectivity index (χ1n) is 5.16. The van der Waals surface area contributed by atoms with Gasteiger partial charge in [0.15, 0.2) is 0 Å². The van der Waals surface area contributed by atoms with Gasteiger partial charge in [0.1, 0.15) is 0 Å². The molecule has 2 aliphatic rings. The van der Waals surface area contributed by atoms with Crippen molar-refractivity contribution >= 4 is 5.57 Å². The van der Waals surface area contributed by atoms with Crippen molar-refractivity contribution in [2.45, 2.75) is 6.42 Å². The summed E-state index contributed by atoms with van der Waals surface area (Å²) in [5, 5.41) is 0. The molecule has 0 unspecified atom stereocenters. The number of rotatable bonds is 1. The summed E-state index contributed by atoms with van der Waals surface area (Å²) in [6.45, 7) is 2.29. The maximum Gasteiger partial charge on any atom is 0.0406 e. The molecule has 0 bridgehead atoms. The molecule has 0 saturated carbocycles. The Balaban J connectivity index is 2.01. The number of allylic oxidation sites excluding steroid dienone is 1. The molecule has 1 aromatic rings. The van der Waals surface area contributed by atoms with Crippen LogP contribution >= 0.6 is 0 Å². The third kappa shape index (κ3) is 1.09. The van der Waals surface area contributed by atoms with Crippen molar-refractivity contribution in [3.05, 3.63) is 53.7 Å². The monoisotopic (exact) mass is 183 g/mol. The topological polar surface area (TPSA) is 3.24 Å². The van der Waals surface area contributed by atoms with Crippen LogP contribution in [0.15, 0.2) is 48.2 Å². The lowest BCUT2D eigenvalue weighted by atomic mass is 10.0. The average molecular weight is 183 g/mol. The van der Waals surface area contributed by atoms with Gasteiger partial charge in [-0.05, 0) is 12.0 Å². The first-order valence-corrected chi connectivity index (χ1v) is 5.16. The van der Waals surface area contributed by atoms with Crippen LogP contribution in [0.25, 0.3) is 5.57 Å². The quantitative estimate of drug-likeness (QED) is 0.647. The fourth-order valence-corrected chi connectivity index (χ4v) is 2.27. The van der Waals surface area contributed by atoms with E-state index in [9.17, 15) is 0 Å². The molecule has 1 heteroatoms. The lowest BCUT2D eigenvalue weighted by molar-refractivity contribution is 0.446. The van der Waals surface area contributed by atoms with Gasteiger partial charge in [0.25, 0.3) is 0 Å². The second-order valence-electron chi connectivity index (χ2n) is 3.81. The summed E-state index contributed by atoms with van der Waals surface area (Å²) >= 11 is 0. The maximum atomic E-state index is 2.45. The summed E-state index contributed by atoms with van der Waals surface area (Å²) in [6, 6.07) is 10.7. The molecule has 3 rings (SSSR count).